The number of halogens is 3. The molecule has 170 valence electrons. The second kappa shape index (κ2) is 9.41. The van der Waals surface area contributed by atoms with Crippen LogP contribution >= 0.6 is 11.6 Å². The summed E-state index contributed by atoms with van der Waals surface area (Å²) in [4.78, 5) is 12.8. The molecule has 10 heteroatoms. The maximum absolute atomic E-state index is 13.8. The molecule has 2 heterocycles. The van der Waals surface area contributed by atoms with Crippen molar-refractivity contribution in [1.82, 2.24) is 14.9 Å². The fraction of sp³-hybridized carbons (Fsp3) is 0.174. The van der Waals surface area contributed by atoms with Crippen LogP contribution < -0.4 is 10.1 Å². The van der Waals surface area contributed by atoms with Crippen LogP contribution in [0.1, 0.15) is 32.9 Å². The van der Waals surface area contributed by atoms with E-state index in [-0.39, 0.29) is 28.9 Å². The van der Waals surface area contributed by atoms with E-state index in [2.05, 4.69) is 15.6 Å². The summed E-state index contributed by atoms with van der Waals surface area (Å²) in [6, 6.07) is 10.9. The Hall–Kier alpha value is -3.72. The lowest BCUT2D eigenvalue weighted by molar-refractivity contribution is 0.101. The Morgan fingerprint density at radius 2 is 2.03 bits per heavy atom. The number of amides is 1. The fourth-order valence-electron chi connectivity index (χ4n) is 3.21. The van der Waals surface area contributed by atoms with Gasteiger partial charge in [0.05, 0.1) is 12.1 Å². The molecule has 0 atom stereocenters. The van der Waals surface area contributed by atoms with Crippen molar-refractivity contribution < 1.29 is 22.8 Å². The van der Waals surface area contributed by atoms with Gasteiger partial charge in [-0.3, -0.25) is 9.48 Å². The van der Waals surface area contributed by atoms with Gasteiger partial charge in [0.15, 0.2) is 23.1 Å². The summed E-state index contributed by atoms with van der Waals surface area (Å²) >= 11 is 6.25. The SMILES string of the molecule is Cc1cccc(Cn2cc(Cl)c(NC(=O)c3noc(C)c3COc3ccc(F)cc3F)n2)c1. The van der Waals surface area contributed by atoms with Gasteiger partial charge >= 0.3 is 0 Å². The lowest BCUT2D eigenvalue weighted by Gasteiger charge is -2.08. The van der Waals surface area contributed by atoms with Gasteiger partial charge in [0.1, 0.15) is 23.2 Å². The van der Waals surface area contributed by atoms with Crippen LogP contribution in [0.5, 0.6) is 5.75 Å². The minimum Gasteiger partial charge on any atom is -0.486 e. The quantitative estimate of drug-likeness (QED) is 0.394. The molecule has 1 amide bonds. The minimum absolute atomic E-state index is 0.0562. The molecule has 0 fully saturated rings. The molecule has 0 bridgehead atoms. The maximum atomic E-state index is 13.8. The van der Waals surface area contributed by atoms with Crippen molar-refractivity contribution in [3.8, 4) is 5.75 Å². The monoisotopic (exact) mass is 472 g/mol. The topological polar surface area (TPSA) is 82.2 Å². The van der Waals surface area contributed by atoms with Gasteiger partial charge in [-0.1, -0.05) is 46.6 Å². The fourth-order valence-corrected chi connectivity index (χ4v) is 3.41. The Labute approximate surface area is 192 Å². The zero-order valence-electron chi connectivity index (χ0n) is 17.7. The standard InChI is InChI=1S/C23H19ClF2N4O3/c1-13-4-3-5-15(8-13)10-30-11-18(24)22(28-30)27-23(31)21-17(14(2)33-29-21)12-32-20-7-6-16(25)9-19(20)26/h3-9,11H,10,12H2,1-2H3,(H,27,28,31). The van der Waals surface area contributed by atoms with Crippen molar-refractivity contribution in [2.24, 2.45) is 0 Å². The van der Waals surface area contributed by atoms with Gasteiger partial charge in [0, 0.05) is 12.3 Å². The van der Waals surface area contributed by atoms with Crippen LogP contribution in [0.25, 0.3) is 0 Å². The van der Waals surface area contributed by atoms with Crippen LogP contribution in [0.2, 0.25) is 5.02 Å². The molecular formula is C23H19ClF2N4O3. The van der Waals surface area contributed by atoms with Crippen molar-refractivity contribution in [2.45, 2.75) is 27.0 Å². The number of carbonyl (C=O) groups is 1. The number of hydrogen-bond acceptors (Lipinski definition) is 5. The van der Waals surface area contributed by atoms with E-state index in [1.54, 1.807) is 17.8 Å². The highest BCUT2D eigenvalue weighted by molar-refractivity contribution is 6.33. The molecule has 7 nitrogen and oxygen atoms in total. The Kier molecular flexibility index (Phi) is 6.41. The molecule has 0 aliphatic carbocycles. The molecular weight excluding hydrogens is 454 g/mol. The lowest BCUT2D eigenvalue weighted by Crippen LogP contribution is -2.16. The molecule has 0 saturated heterocycles. The lowest BCUT2D eigenvalue weighted by atomic mass is 10.1. The highest BCUT2D eigenvalue weighted by atomic mass is 35.5. The summed E-state index contributed by atoms with van der Waals surface area (Å²) < 4.78 is 39.0. The number of carbonyl (C=O) groups excluding carboxylic acids is 1. The summed E-state index contributed by atoms with van der Waals surface area (Å²) in [5, 5.41) is 11.0. The smallest absolute Gasteiger partial charge is 0.279 e. The normalized spacial score (nSPS) is 10.9. The third-order valence-corrected chi connectivity index (χ3v) is 5.12. The van der Waals surface area contributed by atoms with Gasteiger partial charge in [0.25, 0.3) is 5.91 Å². The van der Waals surface area contributed by atoms with Gasteiger partial charge in [-0.05, 0) is 31.5 Å². The number of nitrogens with zero attached hydrogens (tertiary/aromatic N) is 3. The van der Waals surface area contributed by atoms with Crippen molar-refractivity contribution in [3.63, 3.8) is 0 Å². The van der Waals surface area contributed by atoms with E-state index in [9.17, 15) is 13.6 Å². The zero-order chi connectivity index (χ0) is 23.5. The number of rotatable bonds is 7. The van der Waals surface area contributed by atoms with Crippen LogP contribution in [-0.4, -0.2) is 20.8 Å². The first-order valence-corrected chi connectivity index (χ1v) is 10.3. The van der Waals surface area contributed by atoms with Crippen molar-refractivity contribution in [2.75, 3.05) is 5.32 Å². The van der Waals surface area contributed by atoms with Crippen molar-refractivity contribution in [3.05, 3.63) is 93.5 Å². The molecule has 0 saturated carbocycles. The number of aryl methyl sites for hydroxylation is 2. The van der Waals surface area contributed by atoms with Gasteiger partial charge in [0.2, 0.25) is 0 Å². The molecule has 2 aromatic carbocycles. The maximum Gasteiger partial charge on any atom is 0.279 e. The average molecular weight is 473 g/mol. The number of ether oxygens (including phenoxy) is 1. The average Bonchev–Trinajstić information content (AvgIpc) is 3.29. The molecule has 33 heavy (non-hydrogen) atoms. The molecule has 4 rings (SSSR count). The molecule has 0 spiro atoms. The Bertz CT molecular complexity index is 1320. The van der Waals surface area contributed by atoms with Gasteiger partial charge in [-0.15, -0.1) is 0 Å². The van der Waals surface area contributed by atoms with E-state index in [0.717, 1.165) is 23.3 Å². The number of hydrogen-bond donors (Lipinski definition) is 1. The molecule has 2 aromatic heterocycles. The van der Waals surface area contributed by atoms with Crippen LogP contribution in [-0.2, 0) is 13.2 Å². The molecule has 0 radical (unpaired) electrons. The third-order valence-electron chi connectivity index (χ3n) is 4.84. The van der Waals surface area contributed by atoms with Crippen LogP contribution in [0, 0.1) is 25.5 Å². The zero-order valence-corrected chi connectivity index (χ0v) is 18.5. The first-order chi connectivity index (χ1) is 15.8. The number of anilines is 1. The summed E-state index contributed by atoms with van der Waals surface area (Å²) in [7, 11) is 0. The Balaban J connectivity index is 1.47. The first kappa shape index (κ1) is 22.5. The van der Waals surface area contributed by atoms with Crippen LogP contribution in [0.15, 0.2) is 53.2 Å². The highest BCUT2D eigenvalue weighted by Crippen LogP contribution is 2.24. The van der Waals surface area contributed by atoms with E-state index < -0.39 is 17.5 Å². The van der Waals surface area contributed by atoms with E-state index in [1.165, 1.54) is 0 Å². The first-order valence-electron chi connectivity index (χ1n) is 9.93. The second-order valence-electron chi connectivity index (χ2n) is 7.40. The largest absolute Gasteiger partial charge is 0.486 e. The summed E-state index contributed by atoms with van der Waals surface area (Å²) in [5.41, 5.74) is 2.41. The van der Waals surface area contributed by atoms with E-state index in [0.29, 0.717) is 23.9 Å². The predicted octanol–water partition coefficient (Wildman–Crippen LogP) is 5.30. The van der Waals surface area contributed by atoms with E-state index in [4.69, 9.17) is 20.9 Å². The van der Waals surface area contributed by atoms with Crippen molar-refractivity contribution in [1.29, 1.82) is 0 Å². The minimum atomic E-state index is -0.860. The molecule has 0 aliphatic rings. The number of benzene rings is 2. The van der Waals surface area contributed by atoms with Crippen LogP contribution in [0.4, 0.5) is 14.6 Å². The second-order valence-corrected chi connectivity index (χ2v) is 7.80. The van der Waals surface area contributed by atoms with E-state index >= 15 is 0 Å². The predicted molar refractivity (Wildman–Crippen MR) is 117 cm³/mol. The number of aromatic nitrogens is 3. The molecule has 0 aliphatic heterocycles. The third kappa shape index (κ3) is 5.20. The molecule has 1 N–H and O–H groups in total. The molecule has 0 unspecified atom stereocenters. The van der Waals surface area contributed by atoms with Gasteiger partial charge < -0.3 is 14.6 Å². The van der Waals surface area contributed by atoms with Crippen LogP contribution in [0.3, 0.4) is 0 Å². The Morgan fingerprint density at radius 1 is 1.21 bits per heavy atom. The van der Waals surface area contributed by atoms with Gasteiger partial charge in [-0.2, -0.15) is 5.10 Å². The van der Waals surface area contributed by atoms with Gasteiger partial charge in [-0.25, -0.2) is 8.78 Å². The van der Waals surface area contributed by atoms with Crippen molar-refractivity contribution >= 4 is 23.3 Å². The highest BCUT2D eigenvalue weighted by Gasteiger charge is 2.23. The summed E-state index contributed by atoms with van der Waals surface area (Å²) in [6.07, 6.45) is 1.61. The summed E-state index contributed by atoms with van der Waals surface area (Å²) in [5.74, 6) is -1.89. The Morgan fingerprint density at radius 3 is 2.79 bits per heavy atom. The summed E-state index contributed by atoms with van der Waals surface area (Å²) in [6.45, 7) is 3.85. The van der Waals surface area contributed by atoms with E-state index in [1.807, 2.05) is 31.2 Å². The number of nitrogens with one attached hydrogen (secondary N) is 1. The molecule has 4 aromatic rings.